The zero-order valence-corrected chi connectivity index (χ0v) is 18.3. The largest absolute Gasteiger partial charge is 0.432 e. The minimum Gasteiger partial charge on any atom is -0.429 e. The van der Waals surface area contributed by atoms with Crippen molar-refractivity contribution in [2.45, 2.75) is 44.6 Å². The molecule has 1 saturated carbocycles. The molecule has 3 aromatic rings. The third-order valence-electron chi connectivity index (χ3n) is 6.12. The molecule has 6 heteroatoms. The maximum absolute atomic E-state index is 14.6. The van der Waals surface area contributed by atoms with E-state index in [1.165, 1.54) is 42.7 Å². The molecule has 0 bridgehead atoms. The summed E-state index contributed by atoms with van der Waals surface area (Å²) in [6.45, 7) is 2.26. The second-order valence-electron chi connectivity index (χ2n) is 8.47. The number of benzene rings is 3. The summed E-state index contributed by atoms with van der Waals surface area (Å²) in [5, 5.41) is 0.325. The van der Waals surface area contributed by atoms with E-state index in [1.54, 1.807) is 12.1 Å². The van der Waals surface area contributed by atoms with E-state index in [0.717, 1.165) is 30.9 Å². The number of alkyl halides is 2. The molecular formula is C26H23ClF4O. The van der Waals surface area contributed by atoms with Gasteiger partial charge in [-0.25, -0.2) is 8.78 Å². The number of halogens is 5. The first-order chi connectivity index (χ1) is 15.2. The van der Waals surface area contributed by atoms with Gasteiger partial charge in [0.25, 0.3) is 0 Å². The maximum atomic E-state index is 14.6. The number of hydrogen-bond donors (Lipinski definition) is 0. The van der Waals surface area contributed by atoms with E-state index < -0.39 is 23.3 Å². The highest BCUT2D eigenvalue weighted by Crippen LogP contribution is 2.39. The van der Waals surface area contributed by atoms with Crippen LogP contribution in [0.5, 0.6) is 5.75 Å². The summed E-state index contributed by atoms with van der Waals surface area (Å²) < 4.78 is 63.0. The van der Waals surface area contributed by atoms with Gasteiger partial charge in [0, 0.05) is 5.02 Å². The van der Waals surface area contributed by atoms with Gasteiger partial charge in [0.2, 0.25) is 0 Å². The highest BCUT2D eigenvalue weighted by atomic mass is 35.5. The second-order valence-corrected chi connectivity index (χ2v) is 8.90. The Balaban J connectivity index is 1.56. The molecule has 0 unspecified atom stereocenters. The van der Waals surface area contributed by atoms with E-state index in [0.29, 0.717) is 16.5 Å². The van der Waals surface area contributed by atoms with Crippen molar-refractivity contribution in [2.75, 3.05) is 0 Å². The predicted octanol–water partition coefficient (Wildman–Crippen LogP) is 8.71. The fourth-order valence-electron chi connectivity index (χ4n) is 4.26. The predicted molar refractivity (Wildman–Crippen MR) is 118 cm³/mol. The van der Waals surface area contributed by atoms with E-state index in [2.05, 4.69) is 11.7 Å². The van der Waals surface area contributed by atoms with E-state index in [-0.39, 0.29) is 11.3 Å². The molecule has 1 fully saturated rings. The average Bonchev–Trinajstić information content (AvgIpc) is 2.75. The molecule has 0 saturated heterocycles. The van der Waals surface area contributed by atoms with Gasteiger partial charge < -0.3 is 4.74 Å². The monoisotopic (exact) mass is 462 g/mol. The molecule has 3 aromatic carbocycles. The molecule has 168 valence electrons. The standard InChI is InChI=1S/C26H23ClF4O/c1-16-2-4-17(5-3-16)18-6-8-19(9-7-18)20-14-23(28)25(24(29)15-20)26(30,31)32-22-12-10-21(27)11-13-22/h6-17H,2-5H2,1H3. The topological polar surface area (TPSA) is 9.23 Å². The van der Waals surface area contributed by atoms with Gasteiger partial charge in [0.15, 0.2) is 0 Å². The molecule has 0 aromatic heterocycles. The Morgan fingerprint density at radius 1 is 0.812 bits per heavy atom. The Morgan fingerprint density at radius 2 is 1.38 bits per heavy atom. The SMILES string of the molecule is CC1CCC(c2ccc(-c3cc(F)c(C(F)(F)Oc4ccc(Cl)cc4)c(F)c3)cc2)CC1. The van der Waals surface area contributed by atoms with Crippen LogP contribution in [-0.4, -0.2) is 0 Å². The summed E-state index contributed by atoms with van der Waals surface area (Å²) in [5.74, 6) is -1.76. The smallest absolute Gasteiger partial charge is 0.429 e. The molecular weight excluding hydrogens is 440 g/mol. The summed E-state index contributed by atoms with van der Waals surface area (Å²) in [6, 6.07) is 14.4. The maximum Gasteiger partial charge on any atom is 0.432 e. The fourth-order valence-corrected chi connectivity index (χ4v) is 4.39. The third kappa shape index (κ3) is 4.93. The highest BCUT2D eigenvalue weighted by Gasteiger charge is 2.41. The minimum atomic E-state index is -4.19. The molecule has 32 heavy (non-hydrogen) atoms. The van der Waals surface area contributed by atoms with Crippen LogP contribution in [-0.2, 0) is 6.11 Å². The number of hydrogen-bond acceptors (Lipinski definition) is 1. The number of ether oxygens (including phenoxy) is 1. The van der Waals surface area contributed by atoms with Gasteiger partial charge >= 0.3 is 6.11 Å². The van der Waals surface area contributed by atoms with Crippen LogP contribution >= 0.6 is 11.6 Å². The molecule has 0 N–H and O–H groups in total. The molecule has 4 rings (SSSR count). The van der Waals surface area contributed by atoms with Crippen LogP contribution in [0.15, 0.2) is 60.7 Å². The first-order valence-electron chi connectivity index (χ1n) is 10.6. The van der Waals surface area contributed by atoms with Crippen LogP contribution in [0.4, 0.5) is 17.6 Å². The quantitative estimate of drug-likeness (QED) is 0.344. The van der Waals surface area contributed by atoms with E-state index in [1.807, 2.05) is 12.1 Å². The van der Waals surface area contributed by atoms with E-state index in [4.69, 9.17) is 11.6 Å². The van der Waals surface area contributed by atoms with Gasteiger partial charge in [-0.2, -0.15) is 8.78 Å². The van der Waals surface area contributed by atoms with Gasteiger partial charge in [0.1, 0.15) is 22.9 Å². The lowest BCUT2D eigenvalue weighted by Gasteiger charge is -2.26. The Hall–Kier alpha value is -2.53. The normalized spacial score (nSPS) is 19.1. The van der Waals surface area contributed by atoms with Crippen LogP contribution in [0.3, 0.4) is 0 Å². The van der Waals surface area contributed by atoms with Crippen LogP contribution in [0.1, 0.15) is 49.7 Å². The average molecular weight is 463 g/mol. The molecule has 1 aliphatic rings. The van der Waals surface area contributed by atoms with Crippen molar-refractivity contribution < 1.29 is 22.3 Å². The van der Waals surface area contributed by atoms with Crippen LogP contribution in [0.25, 0.3) is 11.1 Å². The van der Waals surface area contributed by atoms with Crippen LogP contribution in [0, 0.1) is 17.6 Å². The second kappa shape index (κ2) is 9.14. The third-order valence-corrected chi connectivity index (χ3v) is 6.38. The molecule has 0 amide bonds. The summed E-state index contributed by atoms with van der Waals surface area (Å²) in [5.41, 5.74) is 0.518. The lowest BCUT2D eigenvalue weighted by molar-refractivity contribution is -0.189. The molecule has 0 radical (unpaired) electrons. The Morgan fingerprint density at radius 3 is 1.94 bits per heavy atom. The number of rotatable bonds is 5. The zero-order chi connectivity index (χ0) is 22.9. The lowest BCUT2D eigenvalue weighted by Crippen LogP contribution is -2.25. The van der Waals surface area contributed by atoms with Gasteiger partial charge in [0.05, 0.1) is 0 Å². The summed E-state index contributed by atoms with van der Waals surface area (Å²) in [4.78, 5) is 0. The van der Waals surface area contributed by atoms with Crippen molar-refractivity contribution in [2.24, 2.45) is 5.92 Å². The molecule has 1 aliphatic carbocycles. The van der Waals surface area contributed by atoms with Crippen molar-refractivity contribution in [3.63, 3.8) is 0 Å². The van der Waals surface area contributed by atoms with Crippen molar-refractivity contribution in [3.8, 4) is 16.9 Å². The van der Waals surface area contributed by atoms with Crippen LogP contribution in [0.2, 0.25) is 5.02 Å². The lowest BCUT2D eigenvalue weighted by atomic mass is 9.79. The summed E-state index contributed by atoms with van der Waals surface area (Å²) in [7, 11) is 0. The van der Waals surface area contributed by atoms with Crippen molar-refractivity contribution in [1.29, 1.82) is 0 Å². The first kappa shape index (κ1) is 22.7. The van der Waals surface area contributed by atoms with Crippen molar-refractivity contribution in [1.82, 2.24) is 0 Å². The van der Waals surface area contributed by atoms with Crippen LogP contribution < -0.4 is 4.74 Å². The van der Waals surface area contributed by atoms with Crippen molar-refractivity contribution in [3.05, 3.63) is 88.4 Å². The van der Waals surface area contributed by atoms with Gasteiger partial charge in [-0.15, -0.1) is 0 Å². The fraction of sp³-hybridized carbons (Fsp3) is 0.308. The molecule has 0 aliphatic heterocycles. The van der Waals surface area contributed by atoms with E-state index in [9.17, 15) is 17.6 Å². The van der Waals surface area contributed by atoms with Gasteiger partial charge in [-0.3, -0.25) is 0 Å². The van der Waals surface area contributed by atoms with Gasteiger partial charge in [-0.05, 0) is 77.8 Å². The molecule has 0 heterocycles. The zero-order valence-electron chi connectivity index (χ0n) is 17.6. The molecule has 0 spiro atoms. The van der Waals surface area contributed by atoms with E-state index >= 15 is 0 Å². The Bertz CT molecular complexity index is 1050. The first-order valence-corrected chi connectivity index (χ1v) is 11.0. The molecule has 0 atom stereocenters. The summed E-state index contributed by atoms with van der Waals surface area (Å²) in [6.07, 6.45) is 0.443. The van der Waals surface area contributed by atoms with Crippen molar-refractivity contribution >= 4 is 11.6 Å². The summed E-state index contributed by atoms with van der Waals surface area (Å²) >= 11 is 5.72. The Labute approximate surface area is 190 Å². The molecule has 1 nitrogen and oxygen atoms in total. The minimum absolute atomic E-state index is 0.190. The Kier molecular flexibility index (Phi) is 6.47. The highest BCUT2D eigenvalue weighted by molar-refractivity contribution is 6.30. The van der Waals surface area contributed by atoms with Gasteiger partial charge in [-0.1, -0.05) is 55.6 Å².